The van der Waals surface area contributed by atoms with E-state index < -0.39 is 32.5 Å². The number of allylic oxidation sites excluding steroid dienone is 2. The van der Waals surface area contributed by atoms with Crippen molar-refractivity contribution in [2.75, 3.05) is 26.4 Å². The molecule has 2 atom stereocenters. The highest BCUT2D eigenvalue weighted by atomic mass is 31.2. The molecule has 0 saturated carbocycles. The van der Waals surface area contributed by atoms with Gasteiger partial charge in [-0.05, 0) is 25.7 Å². The fraction of sp³-hybridized carbons (Fsp3) is 0.905. The molecule has 0 aliphatic heterocycles. The van der Waals surface area contributed by atoms with Gasteiger partial charge in [-0.2, -0.15) is 0 Å². The molecule has 0 aromatic rings. The van der Waals surface area contributed by atoms with Crippen molar-refractivity contribution in [2.24, 2.45) is 5.73 Å². The summed E-state index contributed by atoms with van der Waals surface area (Å²) in [5.41, 5.74) is 5.34. The fourth-order valence-electron chi connectivity index (χ4n) is 6.18. The molecule has 0 spiro atoms. The van der Waals surface area contributed by atoms with Crippen LogP contribution in [-0.2, 0) is 32.7 Å². The Labute approximate surface area is 319 Å². The Morgan fingerprint density at radius 2 is 0.981 bits per heavy atom. The van der Waals surface area contributed by atoms with Gasteiger partial charge in [-0.3, -0.25) is 18.6 Å². The molecule has 0 fully saturated rings. The number of nitrogens with two attached hydrogens (primary N) is 1. The quantitative estimate of drug-likeness (QED) is 0.0270. The van der Waals surface area contributed by atoms with Crippen LogP contribution in [-0.4, -0.2) is 49.3 Å². The van der Waals surface area contributed by atoms with Gasteiger partial charge in [0.25, 0.3) is 0 Å². The monoisotopic (exact) mass is 760 g/mol. The average molecular weight is 760 g/mol. The second-order valence-electron chi connectivity index (χ2n) is 14.6. The molecule has 9 nitrogen and oxygen atoms in total. The zero-order chi connectivity index (χ0) is 38.2. The molecular weight excluding hydrogens is 677 g/mol. The molecule has 0 aromatic heterocycles. The van der Waals surface area contributed by atoms with Gasteiger partial charge in [0.05, 0.1) is 13.2 Å². The van der Waals surface area contributed by atoms with Crippen LogP contribution in [0.4, 0.5) is 0 Å². The van der Waals surface area contributed by atoms with E-state index in [0.29, 0.717) is 12.8 Å². The number of phosphoric ester groups is 1. The van der Waals surface area contributed by atoms with Crippen LogP contribution in [0.2, 0.25) is 0 Å². The van der Waals surface area contributed by atoms with Crippen LogP contribution in [0.1, 0.15) is 213 Å². The van der Waals surface area contributed by atoms with E-state index in [0.717, 1.165) is 25.7 Å². The van der Waals surface area contributed by atoms with Crippen molar-refractivity contribution in [3.05, 3.63) is 12.2 Å². The third-order valence-electron chi connectivity index (χ3n) is 9.41. The predicted molar refractivity (Wildman–Crippen MR) is 215 cm³/mol. The molecule has 0 heterocycles. The minimum absolute atomic E-state index is 0.0526. The Kier molecular flexibility index (Phi) is 38.5. The van der Waals surface area contributed by atoms with Crippen LogP contribution >= 0.6 is 7.82 Å². The van der Waals surface area contributed by atoms with Gasteiger partial charge < -0.3 is 20.1 Å². The minimum Gasteiger partial charge on any atom is -0.462 e. The maximum Gasteiger partial charge on any atom is 0.472 e. The number of ether oxygens (including phenoxy) is 2. The van der Waals surface area contributed by atoms with Gasteiger partial charge in [0.2, 0.25) is 0 Å². The largest absolute Gasteiger partial charge is 0.472 e. The molecule has 0 radical (unpaired) electrons. The highest BCUT2D eigenvalue weighted by Gasteiger charge is 2.25. The van der Waals surface area contributed by atoms with Crippen molar-refractivity contribution in [2.45, 2.75) is 219 Å². The fourth-order valence-corrected chi connectivity index (χ4v) is 6.95. The summed E-state index contributed by atoms with van der Waals surface area (Å²) in [4.78, 5) is 34.8. The van der Waals surface area contributed by atoms with Crippen molar-refractivity contribution < 1.29 is 37.6 Å². The van der Waals surface area contributed by atoms with Crippen LogP contribution in [0.25, 0.3) is 0 Å². The SMILES string of the molecule is CCCCCCCCCCCCC/C=C\CCC(=O)OCC(COP(=O)(O)OCCN)OC(=O)CCCCCCCCCCCCCCCCCC. The molecule has 3 N–H and O–H groups in total. The van der Waals surface area contributed by atoms with Gasteiger partial charge in [0.15, 0.2) is 6.10 Å². The third kappa shape index (κ3) is 38.5. The number of unbranched alkanes of at least 4 members (excludes halogenated alkanes) is 26. The Morgan fingerprint density at radius 1 is 0.558 bits per heavy atom. The third-order valence-corrected chi connectivity index (χ3v) is 10.4. The molecule has 0 saturated heterocycles. The maximum atomic E-state index is 12.6. The van der Waals surface area contributed by atoms with E-state index in [2.05, 4.69) is 19.9 Å². The first-order valence-electron chi connectivity index (χ1n) is 21.7. The van der Waals surface area contributed by atoms with Gasteiger partial charge in [-0.1, -0.05) is 187 Å². The lowest BCUT2D eigenvalue weighted by atomic mass is 10.0. The van der Waals surface area contributed by atoms with Crippen LogP contribution < -0.4 is 5.73 Å². The van der Waals surface area contributed by atoms with E-state index in [1.165, 1.54) is 148 Å². The maximum absolute atomic E-state index is 12.6. The lowest BCUT2D eigenvalue weighted by Gasteiger charge is -2.19. The molecule has 2 unspecified atom stereocenters. The standard InChI is InChI=1S/C42H82NO8P/c1-3-5-7-9-11-13-15-17-19-21-23-25-27-29-31-33-35-42(45)51-40(39-50-52(46,47)49-37-36-43)38-48-41(44)34-32-30-28-26-24-22-20-18-16-14-12-10-8-6-4-2/h28,30,40H,3-27,29,31-39,43H2,1-2H3,(H,46,47)/b30-28-. The van der Waals surface area contributed by atoms with Crippen LogP contribution in [0.5, 0.6) is 0 Å². The number of carbonyl (C=O) groups excluding carboxylic acids is 2. The molecule has 0 aliphatic carbocycles. The number of carbonyl (C=O) groups is 2. The lowest BCUT2D eigenvalue weighted by molar-refractivity contribution is -0.161. The molecule has 10 heteroatoms. The van der Waals surface area contributed by atoms with Gasteiger partial charge >= 0.3 is 19.8 Å². The van der Waals surface area contributed by atoms with E-state index in [9.17, 15) is 19.0 Å². The highest BCUT2D eigenvalue weighted by molar-refractivity contribution is 7.47. The first-order chi connectivity index (χ1) is 25.3. The number of rotatable bonds is 41. The lowest BCUT2D eigenvalue weighted by Crippen LogP contribution is -2.29. The van der Waals surface area contributed by atoms with E-state index in [4.69, 9.17) is 24.3 Å². The summed E-state index contributed by atoms with van der Waals surface area (Å²) >= 11 is 0. The zero-order valence-electron chi connectivity index (χ0n) is 33.8. The Morgan fingerprint density at radius 3 is 1.44 bits per heavy atom. The summed E-state index contributed by atoms with van der Waals surface area (Å²) in [5.74, 6) is -0.874. The molecule has 0 aromatic carbocycles. The van der Waals surface area contributed by atoms with Crippen molar-refractivity contribution in [3.63, 3.8) is 0 Å². The van der Waals surface area contributed by atoms with Gasteiger partial charge in [-0.25, -0.2) is 4.57 Å². The predicted octanol–water partition coefficient (Wildman–Crippen LogP) is 12.2. The van der Waals surface area contributed by atoms with Crippen molar-refractivity contribution in [1.82, 2.24) is 0 Å². The van der Waals surface area contributed by atoms with E-state index >= 15 is 0 Å². The van der Waals surface area contributed by atoms with E-state index in [1.807, 2.05) is 6.08 Å². The number of esters is 2. The number of hydrogen-bond donors (Lipinski definition) is 2. The van der Waals surface area contributed by atoms with E-state index in [-0.39, 0.29) is 32.6 Å². The summed E-state index contributed by atoms with van der Waals surface area (Å²) in [6.07, 6.45) is 39.6. The average Bonchev–Trinajstić information content (AvgIpc) is 3.13. The van der Waals surface area contributed by atoms with E-state index in [1.54, 1.807) is 0 Å². The van der Waals surface area contributed by atoms with Crippen molar-refractivity contribution in [1.29, 1.82) is 0 Å². The van der Waals surface area contributed by atoms with Crippen LogP contribution in [0.15, 0.2) is 12.2 Å². The van der Waals surface area contributed by atoms with Gasteiger partial charge in [-0.15, -0.1) is 0 Å². The highest BCUT2D eigenvalue weighted by Crippen LogP contribution is 2.43. The molecule has 308 valence electrons. The topological polar surface area (TPSA) is 134 Å². The normalized spacial score (nSPS) is 13.4. The summed E-state index contributed by atoms with van der Waals surface area (Å²) in [6.45, 7) is 3.72. The number of hydrogen-bond acceptors (Lipinski definition) is 8. The molecule has 0 rings (SSSR count). The molecule has 0 bridgehead atoms. The van der Waals surface area contributed by atoms with Crippen LogP contribution in [0.3, 0.4) is 0 Å². The second kappa shape index (κ2) is 39.4. The molecule has 52 heavy (non-hydrogen) atoms. The first kappa shape index (κ1) is 50.8. The second-order valence-corrected chi connectivity index (χ2v) is 16.0. The van der Waals surface area contributed by atoms with Crippen LogP contribution in [0, 0.1) is 0 Å². The summed E-state index contributed by atoms with van der Waals surface area (Å²) < 4.78 is 32.7. The Balaban J connectivity index is 4.16. The van der Waals surface area contributed by atoms with Gasteiger partial charge in [0, 0.05) is 19.4 Å². The first-order valence-corrected chi connectivity index (χ1v) is 23.2. The summed E-state index contributed by atoms with van der Waals surface area (Å²) in [6, 6.07) is 0. The Hall–Kier alpha value is -1.25. The minimum atomic E-state index is -4.38. The van der Waals surface area contributed by atoms with Gasteiger partial charge in [0.1, 0.15) is 6.61 Å². The Bertz CT molecular complexity index is 871. The summed E-state index contributed by atoms with van der Waals surface area (Å²) in [7, 11) is -4.38. The zero-order valence-corrected chi connectivity index (χ0v) is 34.7. The molecule has 0 amide bonds. The smallest absolute Gasteiger partial charge is 0.462 e. The summed E-state index contributed by atoms with van der Waals surface area (Å²) in [5, 5.41) is 0. The molecule has 0 aliphatic rings. The van der Waals surface area contributed by atoms with Crippen molar-refractivity contribution >= 4 is 19.8 Å². The molecular formula is C42H82NO8P. The van der Waals surface area contributed by atoms with Crippen molar-refractivity contribution in [3.8, 4) is 0 Å². The number of phosphoric acid groups is 1.